The number of carbonyl (C=O) groups is 1. The van der Waals surface area contributed by atoms with E-state index in [1.165, 1.54) is 0 Å². The van der Waals surface area contributed by atoms with Crippen molar-refractivity contribution in [3.8, 4) is 0 Å². The van der Waals surface area contributed by atoms with Gasteiger partial charge < -0.3 is 14.9 Å². The van der Waals surface area contributed by atoms with E-state index in [0.717, 1.165) is 31.6 Å². The molecule has 0 radical (unpaired) electrons. The first-order valence-electron chi connectivity index (χ1n) is 11.8. The number of amides is 1. The van der Waals surface area contributed by atoms with E-state index in [4.69, 9.17) is 4.74 Å². The van der Waals surface area contributed by atoms with E-state index >= 15 is 0 Å². The van der Waals surface area contributed by atoms with Crippen LogP contribution >= 0.6 is 0 Å². The number of aliphatic hydroxyl groups is 2. The maximum Gasteiger partial charge on any atom is 0.271 e. The molecule has 2 saturated heterocycles. The summed E-state index contributed by atoms with van der Waals surface area (Å²) in [6.45, 7) is 5.47. The van der Waals surface area contributed by atoms with Gasteiger partial charge in [0.2, 0.25) is 0 Å². The summed E-state index contributed by atoms with van der Waals surface area (Å²) in [5.74, 6) is 0.528. The molecule has 2 unspecified atom stereocenters. The number of piperidine rings is 1. The van der Waals surface area contributed by atoms with Crippen molar-refractivity contribution in [1.29, 1.82) is 0 Å². The molecule has 33 heavy (non-hydrogen) atoms. The lowest BCUT2D eigenvalue weighted by Gasteiger charge is -2.66. The van der Waals surface area contributed by atoms with Gasteiger partial charge in [-0.1, -0.05) is 30.4 Å². The van der Waals surface area contributed by atoms with Crippen LogP contribution in [0.2, 0.25) is 0 Å². The first kappa shape index (κ1) is 20.7. The predicted octanol–water partition coefficient (Wildman–Crippen LogP) is 2.92. The number of nitrogens with one attached hydrogen (secondary N) is 1. The van der Waals surface area contributed by atoms with Crippen LogP contribution in [0.1, 0.15) is 36.0 Å². The Kier molecular flexibility index (Phi) is 4.58. The Morgan fingerprint density at radius 1 is 1.33 bits per heavy atom. The molecule has 172 valence electrons. The molecule has 2 heterocycles. The fourth-order valence-corrected chi connectivity index (χ4v) is 7.31. The van der Waals surface area contributed by atoms with E-state index in [0.29, 0.717) is 24.2 Å². The van der Waals surface area contributed by atoms with Crippen molar-refractivity contribution in [2.45, 2.75) is 43.4 Å². The van der Waals surface area contributed by atoms with E-state index in [1.807, 2.05) is 24.3 Å². The van der Waals surface area contributed by atoms with Crippen molar-refractivity contribution < 1.29 is 19.7 Å². The lowest BCUT2D eigenvalue weighted by Crippen LogP contribution is -2.76. The van der Waals surface area contributed by atoms with Crippen LogP contribution in [0.5, 0.6) is 0 Å². The largest absolute Gasteiger partial charge is 0.504 e. The number of hydrogen-bond acceptors (Lipinski definition) is 6. The van der Waals surface area contributed by atoms with Crippen LogP contribution in [-0.4, -0.2) is 57.6 Å². The molecular weight excluding hydrogens is 418 g/mol. The van der Waals surface area contributed by atoms with E-state index < -0.39 is 17.1 Å². The van der Waals surface area contributed by atoms with Gasteiger partial charge in [0.1, 0.15) is 11.9 Å². The van der Waals surface area contributed by atoms with Crippen molar-refractivity contribution in [3.63, 3.8) is 0 Å². The van der Waals surface area contributed by atoms with Gasteiger partial charge in [-0.05, 0) is 56.4 Å². The van der Waals surface area contributed by atoms with Gasteiger partial charge in [-0.25, -0.2) is 5.43 Å². The molecule has 1 amide bonds. The number of nitrogens with zero attached hydrogens (tertiary/aromatic N) is 2. The monoisotopic (exact) mass is 447 g/mol. The summed E-state index contributed by atoms with van der Waals surface area (Å²) in [5, 5.41) is 27.5. The molecule has 2 bridgehead atoms. The molecule has 2 saturated carbocycles. The summed E-state index contributed by atoms with van der Waals surface area (Å²) in [4.78, 5) is 15.0. The lowest BCUT2D eigenvalue weighted by molar-refractivity contribution is -0.230. The van der Waals surface area contributed by atoms with Crippen molar-refractivity contribution in [1.82, 2.24) is 10.3 Å². The number of benzene rings is 1. The van der Waals surface area contributed by atoms with Gasteiger partial charge in [-0.15, -0.1) is 6.58 Å². The van der Waals surface area contributed by atoms with Crippen LogP contribution in [0.15, 0.2) is 71.8 Å². The summed E-state index contributed by atoms with van der Waals surface area (Å²) in [6, 6.07) is 8.97. The maximum absolute atomic E-state index is 12.6. The van der Waals surface area contributed by atoms with E-state index in [-0.39, 0.29) is 29.5 Å². The average Bonchev–Trinajstić information content (AvgIpc) is 3.18. The molecular formula is C26H29N3O4. The van der Waals surface area contributed by atoms with Crippen LogP contribution < -0.4 is 5.43 Å². The molecule has 5 aliphatic rings. The fourth-order valence-electron chi connectivity index (χ4n) is 7.31. The minimum absolute atomic E-state index is 0.0127. The number of likely N-dealkylation sites (tertiary alicyclic amines) is 1. The van der Waals surface area contributed by atoms with Gasteiger partial charge in [-0.2, -0.15) is 5.10 Å². The van der Waals surface area contributed by atoms with Gasteiger partial charge in [0, 0.05) is 24.1 Å². The lowest BCUT2D eigenvalue weighted by atomic mass is 9.44. The third-order valence-electron chi connectivity index (χ3n) is 8.60. The van der Waals surface area contributed by atoms with Crippen LogP contribution in [0, 0.1) is 17.3 Å². The SMILES string of the molecule is C=CCN1CC[C@@]23C4C5=C(O)C=CC4C[C@@H]1[C@]2(O)CC/C(=N\NC(=O)c1ccccc1)[C@@H]3O5. The van der Waals surface area contributed by atoms with Crippen molar-refractivity contribution in [2.75, 3.05) is 13.1 Å². The summed E-state index contributed by atoms with van der Waals surface area (Å²) >= 11 is 0. The summed E-state index contributed by atoms with van der Waals surface area (Å²) in [5.41, 5.74) is 2.42. The third-order valence-corrected chi connectivity index (χ3v) is 8.60. The second-order valence-corrected chi connectivity index (χ2v) is 9.91. The van der Waals surface area contributed by atoms with Crippen molar-refractivity contribution in [3.05, 3.63) is 72.2 Å². The molecule has 4 fully saturated rings. The van der Waals surface area contributed by atoms with Crippen molar-refractivity contribution >= 4 is 11.6 Å². The molecule has 3 aliphatic carbocycles. The summed E-state index contributed by atoms with van der Waals surface area (Å²) < 4.78 is 6.45. The predicted molar refractivity (Wildman–Crippen MR) is 123 cm³/mol. The first-order valence-corrected chi connectivity index (χ1v) is 11.8. The number of hydrogen-bond donors (Lipinski definition) is 3. The van der Waals surface area contributed by atoms with Gasteiger partial charge >= 0.3 is 0 Å². The molecule has 7 nitrogen and oxygen atoms in total. The molecule has 1 aromatic rings. The van der Waals surface area contributed by atoms with Gasteiger partial charge in [-0.3, -0.25) is 9.69 Å². The quantitative estimate of drug-likeness (QED) is 0.487. The summed E-state index contributed by atoms with van der Waals surface area (Å²) in [7, 11) is 0. The highest BCUT2D eigenvalue weighted by atomic mass is 16.5. The zero-order valence-corrected chi connectivity index (χ0v) is 18.5. The molecule has 2 aliphatic heterocycles. The molecule has 6 atom stereocenters. The Balaban J connectivity index is 1.40. The second-order valence-electron chi connectivity index (χ2n) is 9.91. The first-order chi connectivity index (χ1) is 16.0. The highest BCUT2D eigenvalue weighted by Crippen LogP contribution is 2.69. The minimum atomic E-state index is -0.963. The number of allylic oxidation sites excluding steroid dienone is 3. The number of rotatable bonds is 4. The van der Waals surface area contributed by atoms with Crippen molar-refractivity contribution in [2.24, 2.45) is 22.4 Å². The zero-order chi connectivity index (χ0) is 22.8. The van der Waals surface area contributed by atoms with Crippen LogP contribution in [0.3, 0.4) is 0 Å². The van der Waals surface area contributed by atoms with E-state index in [1.54, 1.807) is 18.2 Å². The Morgan fingerprint density at radius 3 is 2.94 bits per heavy atom. The molecule has 1 spiro atoms. The number of carbonyl (C=O) groups excluding carboxylic acids is 1. The molecule has 7 heteroatoms. The van der Waals surface area contributed by atoms with Gasteiger partial charge in [0.15, 0.2) is 5.76 Å². The Hall–Kier alpha value is -2.90. The number of ether oxygens (including phenoxy) is 1. The molecule has 6 rings (SSSR count). The summed E-state index contributed by atoms with van der Waals surface area (Å²) in [6.07, 6.45) is 7.85. The van der Waals surface area contributed by atoms with E-state index in [9.17, 15) is 15.0 Å². The van der Waals surface area contributed by atoms with Crippen LogP contribution in [0.25, 0.3) is 0 Å². The third kappa shape index (κ3) is 2.69. The average molecular weight is 448 g/mol. The smallest absolute Gasteiger partial charge is 0.271 e. The normalized spacial score (nSPS) is 39.7. The Labute approximate surface area is 193 Å². The Morgan fingerprint density at radius 2 is 2.15 bits per heavy atom. The number of aliphatic hydroxyl groups excluding tert-OH is 1. The molecule has 3 N–H and O–H groups in total. The highest BCUT2D eigenvalue weighted by Gasteiger charge is 2.76. The standard InChI is InChI=1S/C26H29N3O4/c1-2-13-29-14-12-25-21-17-8-9-19(30)22(21)33-23(25)18(10-11-26(25,32)20(29)15-17)27-28-24(31)16-6-4-3-5-7-16/h2-9,17,20-21,23,30,32H,1,10-15H2,(H,28,31)/b27-18+/t17?,20-,21?,23+,25+,26-/m1/s1. The van der Waals surface area contributed by atoms with Crippen LogP contribution in [0.4, 0.5) is 0 Å². The maximum atomic E-state index is 12.6. The fraction of sp³-hybridized carbons (Fsp3) is 0.462. The molecule has 0 aromatic heterocycles. The highest BCUT2D eigenvalue weighted by molar-refractivity contribution is 5.97. The zero-order valence-electron chi connectivity index (χ0n) is 18.5. The minimum Gasteiger partial charge on any atom is -0.504 e. The van der Waals surface area contributed by atoms with Gasteiger partial charge in [0.25, 0.3) is 5.91 Å². The van der Waals surface area contributed by atoms with E-state index in [2.05, 4.69) is 28.1 Å². The Bertz CT molecular complexity index is 1100. The number of hydrazone groups is 1. The molecule has 1 aromatic carbocycles. The van der Waals surface area contributed by atoms with Crippen LogP contribution in [-0.2, 0) is 4.74 Å². The topological polar surface area (TPSA) is 94.4 Å². The second kappa shape index (κ2) is 7.30. The van der Waals surface area contributed by atoms with Gasteiger partial charge in [0.05, 0.1) is 16.7 Å².